The summed E-state index contributed by atoms with van der Waals surface area (Å²) >= 11 is 6.95. The Labute approximate surface area is 274 Å². The van der Waals surface area contributed by atoms with Crippen molar-refractivity contribution in [3.05, 3.63) is 82.0 Å². The largest absolute Gasteiger partial charge is 0.493 e. The molecule has 6 rings (SSSR count). The highest BCUT2D eigenvalue weighted by molar-refractivity contribution is 6.35. The van der Waals surface area contributed by atoms with E-state index in [0.717, 1.165) is 82.5 Å². The maximum atomic E-state index is 13.8. The van der Waals surface area contributed by atoms with Gasteiger partial charge in [0, 0.05) is 73.9 Å². The number of hydrogen-bond donors (Lipinski definition) is 2. The first-order valence-electron chi connectivity index (χ1n) is 16.1. The molecule has 1 aliphatic heterocycles. The summed E-state index contributed by atoms with van der Waals surface area (Å²) < 4.78 is 23.7. The number of hydrogen-bond acceptors (Lipinski definition) is 5. The molecule has 0 unspecified atom stereocenters. The zero-order chi connectivity index (χ0) is 33.0. The second-order valence-corrected chi connectivity index (χ2v) is 11.8. The van der Waals surface area contributed by atoms with Crippen LogP contribution in [0.1, 0.15) is 47.7 Å². The lowest BCUT2D eigenvalue weighted by Crippen LogP contribution is -2.44. The Hall–Kier alpha value is -3.92. The lowest BCUT2D eigenvalue weighted by molar-refractivity contribution is 0.0683. The summed E-state index contributed by atoms with van der Waals surface area (Å²) in [5, 5.41) is 21.7. The number of halogens is 2. The van der Waals surface area contributed by atoms with Gasteiger partial charge in [0.1, 0.15) is 17.3 Å². The molecule has 1 aliphatic rings. The van der Waals surface area contributed by atoms with Gasteiger partial charge in [-0.3, -0.25) is 9.58 Å². The van der Waals surface area contributed by atoms with Gasteiger partial charge >= 0.3 is 5.97 Å². The molecule has 5 aromatic rings. The van der Waals surface area contributed by atoms with Crippen molar-refractivity contribution < 1.29 is 19.0 Å². The second-order valence-electron chi connectivity index (χ2n) is 11.4. The first-order valence-corrected chi connectivity index (χ1v) is 16.4. The molecule has 10 heteroatoms. The summed E-state index contributed by atoms with van der Waals surface area (Å²) in [5.74, 6) is -0.577. The van der Waals surface area contributed by atoms with Crippen molar-refractivity contribution in [3.8, 4) is 16.9 Å². The number of aromatic carboxylic acids is 1. The van der Waals surface area contributed by atoms with Crippen molar-refractivity contribution in [1.29, 1.82) is 0 Å². The van der Waals surface area contributed by atoms with Crippen molar-refractivity contribution in [2.75, 3.05) is 39.3 Å². The minimum absolute atomic E-state index is 0.290. The summed E-state index contributed by atoms with van der Waals surface area (Å²) in [5.41, 5.74) is 5.46. The van der Waals surface area contributed by atoms with E-state index in [1.807, 2.05) is 74.3 Å². The number of nitrogens with zero attached hydrogens (tertiary/aromatic N) is 4. The van der Waals surface area contributed by atoms with E-state index < -0.39 is 5.97 Å². The Balaban J connectivity index is 0.00000204. The van der Waals surface area contributed by atoms with Crippen LogP contribution in [0.4, 0.5) is 4.39 Å². The van der Waals surface area contributed by atoms with Gasteiger partial charge in [-0.05, 0) is 68.0 Å². The molecular weight excluding hydrogens is 605 g/mol. The number of carboxylic acids is 1. The quantitative estimate of drug-likeness (QED) is 0.155. The van der Waals surface area contributed by atoms with E-state index in [9.17, 15) is 14.3 Å². The van der Waals surface area contributed by atoms with Gasteiger partial charge in [0.25, 0.3) is 0 Å². The van der Waals surface area contributed by atoms with Gasteiger partial charge in [-0.25, -0.2) is 9.18 Å². The van der Waals surface area contributed by atoms with Crippen LogP contribution in [0.3, 0.4) is 0 Å². The number of piperazine rings is 1. The first-order chi connectivity index (χ1) is 22.2. The standard InChI is InChI=1S/C34H37ClFN5O3.C2H6/c1-21-30(22(2)39(3)38-21)31-28(35)12-11-27-26(7-5-19-44-29-8-4-6-23-20-24(36)9-10-25(23)29)33(34(42)43)41(32(27)31)18-17-40-15-13-37-14-16-40;1-2/h4,6,8-12,20,37H,5,7,13-19H2,1-3H3,(H,42,43);1-2H3. The number of rotatable bonds is 10. The second kappa shape index (κ2) is 14.7. The van der Waals surface area contributed by atoms with Gasteiger partial charge in [0.2, 0.25) is 0 Å². The molecule has 0 spiro atoms. The molecular formula is C36H43ClFN5O3. The van der Waals surface area contributed by atoms with Crippen LogP contribution in [0.5, 0.6) is 5.75 Å². The lowest BCUT2D eigenvalue weighted by Gasteiger charge is -2.27. The Morgan fingerprint density at radius 2 is 1.78 bits per heavy atom. The number of aryl methyl sites for hydroxylation is 3. The Bertz CT molecular complexity index is 1860. The van der Waals surface area contributed by atoms with Gasteiger partial charge < -0.3 is 19.7 Å². The van der Waals surface area contributed by atoms with E-state index in [1.54, 1.807) is 6.07 Å². The van der Waals surface area contributed by atoms with Crippen LogP contribution in [0.15, 0.2) is 48.5 Å². The molecule has 8 nitrogen and oxygen atoms in total. The number of aromatic nitrogens is 3. The first kappa shape index (κ1) is 33.4. The van der Waals surface area contributed by atoms with Crippen LogP contribution in [0, 0.1) is 19.7 Å². The topological polar surface area (TPSA) is 84.5 Å². The number of carboxylic acid groups (broad SMARTS) is 1. The van der Waals surface area contributed by atoms with Gasteiger partial charge in [-0.15, -0.1) is 0 Å². The summed E-state index contributed by atoms with van der Waals surface area (Å²) in [6.07, 6.45) is 1.10. The van der Waals surface area contributed by atoms with Crippen LogP contribution >= 0.6 is 11.6 Å². The molecule has 0 amide bonds. The van der Waals surface area contributed by atoms with Gasteiger partial charge in [-0.1, -0.05) is 43.6 Å². The fraction of sp³-hybridized carbons (Fsp3) is 0.389. The molecule has 2 N–H and O–H groups in total. The van der Waals surface area contributed by atoms with Crippen molar-refractivity contribution >= 4 is 39.2 Å². The summed E-state index contributed by atoms with van der Waals surface area (Å²) in [7, 11) is 1.91. The van der Waals surface area contributed by atoms with Crippen molar-refractivity contribution in [3.63, 3.8) is 0 Å². The summed E-state index contributed by atoms with van der Waals surface area (Å²) in [6.45, 7) is 13.3. The van der Waals surface area contributed by atoms with Gasteiger partial charge in [0.15, 0.2) is 0 Å². The minimum atomic E-state index is -0.963. The molecule has 1 fully saturated rings. The molecule has 46 heavy (non-hydrogen) atoms. The molecule has 2 aromatic heterocycles. The number of carbonyl (C=O) groups is 1. The Kier molecular flexibility index (Phi) is 10.7. The van der Waals surface area contributed by atoms with Crippen molar-refractivity contribution in [1.82, 2.24) is 24.6 Å². The van der Waals surface area contributed by atoms with Crippen LogP contribution in [0.25, 0.3) is 32.8 Å². The van der Waals surface area contributed by atoms with E-state index in [-0.39, 0.29) is 5.82 Å². The number of ether oxygens (including phenoxy) is 1. The molecule has 1 saturated heterocycles. The predicted molar refractivity (Wildman–Crippen MR) is 184 cm³/mol. The third-order valence-electron chi connectivity index (χ3n) is 8.72. The average molecular weight is 648 g/mol. The van der Waals surface area contributed by atoms with E-state index in [1.165, 1.54) is 12.1 Å². The number of fused-ring (bicyclic) bond motifs is 2. The summed E-state index contributed by atoms with van der Waals surface area (Å²) in [4.78, 5) is 15.4. The van der Waals surface area contributed by atoms with Gasteiger partial charge in [0.05, 0.1) is 22.8 Å². The Morgan fingerprint density at radius 1 is 1.04 bits per heavy atom. The molecule has 0 radical (unpaired) electrons. The van der Waals surface area contributed by atoms with Crippen LogP contribution in [-0.2, 0) is 20.0 Å². The third kappa shape index (κ3) is 6.63. The summed E-state index contributed by atoms with van der Waals surface area (Å²) in [6, 6.07) is 14.0. The normalized spacial score (nSPS) is 13.6. The fourth-order valence-corrected chi connectivity index (χ4v) is 6.79. The molecule has 0 aliphatic carbocycles. The zero-order valence-corrected chi connectivity index (χ0v) is 28.0. The van der Waals surface area contributed by atoms with E-state index in [4.69, 9.17) is 16.3 Å². The SMILES string of the molecule is CC.Cc1nn(C)c(C)c1-c1c(Cl)ccc2c(CCCOc3cccc4cc(F)ccc34)c(C(=O)O)n(CCN3CCNCC3)c12. The van der Waals surface area contributed by atoms with Crippen LogP contribution in [-0.4, -0.2) is 69.7 Å². The lowest BCUT2D eigenvalue weighted by atomic mass is 9.98. The molecule has 3 aromatic carbocycles. The van der Waals surface area contributed by atoms with Crippen molar-refractivity contribution in [2.45, 2.75) is 47.1 Å². The monoisotopic (exact) mass is 647 g/mol. The smallest absolute Gasteiger partial charge is 0.352 e. The highest BCUT2D eigenvalue weighted by atomic mass is 35.5. The molecule has 0 saturated carbocycles. The van der Waals surface area contributed by atoms with Gasteiger partial charge in [-0.2, -0.15) is 5.10 Å². The molecule has 244 valence electrons. The molecule has 0 atom stereocenters. The molecule has 0 bridgehead atoms. The fourth-order valence-electron chi connectivity index (χ4n) is 6.55. The Morgan fingerprint density at radius 3 is 2.48 bits per heavy atom. The van der Waals surface area contributed by atoms with Crippen LogP contribution < -0.4 is 10.1 Å². The van der Waals surface area contributed by atoms with E-state index in [2.05, 4.69) is 15.3 Å². The van der Waals surface area contributed by atoms with E-state index >= 15 is 0 Å². The van der Waals surface area contributed by atoms with E-state index in [0.29, 0.717) is 42.5 Å². The highest BCUT2D eigenvalue weighted by Gasteiger charge is 2.28. The maximum absolute atomic E-state index is 13.8. The number of benzene rings is 3. The average Bonchev–Trinajstić information content (AvgIpc) is 3.50. The zero-order valence-electron chi connectivity index (χ0n) is 27.3. The predicted octanol–water partition coefficient (Wildman–Crippen LogP) is 7.25. The molecule has 3 heterocycles. The highest BCUT2D eigenvalue weighted by Crippen LogP contribution is 2.42. The minimum Gasteiger partial charge on any atom is -0.493 e. The number of nitrogens with one attached hydrogen (secondary N) is 1. The third-order valence-corrected chi connectivity index (χ3v) is 9.04. The maximum Gasteiger partial charge on any atom is 0.352 e. The van der Waals surface area contributed by atoms with Crippen LogP contribution in [0.2, 0.25) is 5.02 Å². The van der Waals surface area contributed by atoms with Crippen molar-refractivity contribution in [2.24, 2.45) is 7.05 Å².